The zero-order chi connectivity index (χ0) is 20.4. The SMILES string of the molecule is CCOC(=O)Cn1c(=NC(=O)c2cc(C)nn2C(C)C)sc2cc(F)ccc21. The molecule has 0 unspecified atom stereocenters. The minimum atomic E-state index is -0.473. The number of hydrogen-bond acceptors (Lipinski definition) is 5. The van der Waals surface area contributed by atoms with Gasteiger partial charge in [0.15, 0.2) is 4.80 Å². The van der Waals surface area contributed by atoms with E-state index >= 15 is 0 Å². The maximum absolute atomic E-state index is 13.6. The molecule has 0 aliphatic rings. The van der Waals surface area contributed by atoms with E-state index < -0.39 is 17.7 Å². The first kappa shape index (κ1) is 19.9. The molecule has 2 aromatic heterocycles. The maximum Gasteiger partial charge on any atom is 0.326 e. The highest BCUT2D eigenvalue weighted by Crippen LogP contribution is 2.19. The van der Waals surface area contributed by atoms with Crippen LogP contribution in [0.1, 0.15) is 43.0 Å². The minimum absolute atomic E-state index is 0.00832. The number of amides is 1. The number of aryl methyl sites for hydroxylation is 1. The summed E-state index contributed by atoms with van der Waals surface area (Å²) in [7, 11) is 0. The van der Waals surface area contributed by atoms with Crippen molar-refractivity contribution in [3.05, 3.63) is 46.3 Å². The van der Waals surface area contributed by atoms with Crippen molar-refractivity contribution in [2.45, 2.75) is 40.3 Å². The molecule has 0 aliphatic carbocycles. The van der Waals surface area contributed by atoms with E-state index in [0.717, 1.165) is 11.3 Å². The van der Waals surface area contributed by atoms with Crippen LogP contribution in [0, 0.1) is 12.7 Å². The number of rotatable bonds is 5. The first-order valence-corrected chi connectivity index (χ1v) is 9.71. The van der Waals surface area contributed by atoms with E-state index in [1.165, 1.54) is 12.1 Å². The van der Waals surface area contributed by atoms with Crippen molar-refractivity contribution in [1.82, 2.24) is 14.3 Å². The van der Waals surface area contributed by atoms with E-state index in [4.69, 9.17) is 4.74 Å². The zero-order valence-corrected chi connectivity index (χ0v) is 16.9. The van der Waals surface area contributed by atoms with Crippen LogP contribution < -0.4 is 4.80 Å². The van der Waals surface area contributed by atoms with Crippen molar-refractivity contribution in [3.8, 4) is 0 Å². The highest BCUT2D eigenvalue weighted by atomic mass is 32.1. The lowest BCUT2D eigenvalue weighted by atomic mass is 10.3. The lowest BCUT2D eigenvalue weighted by Gasteiger charge is -2.08. The number of ether oxygens (including phenoxy) is 1. The summed E-state index contributed by atoms with van der Waals surface area (Å²) in [5.74, 6) is -1.33. The van der Waals surface area contributed by atoms with E-state index in [9.17, 15) is 14.0 Å². The highest BCUT2D eigenvalue weighted by molar-refractivity contribution is 7.16. The fourth-order valence-corrected chi connectivity index (χ4v) is 3.89. The van der Waals surface area contributed by atoms with Gasteiger partial charge < -0.3 is 9.30 Å². The average Bonchev–Trinajstić information content (AvgIpc) is 3.16. The van der Waals surface area contributed by atoms with E-state index in [0.29, 0.717) is 26.4 Å². The Morgan fingerprint density at radius 2 is 2.07 bits per heavy atom. The van der Waals surface area contributed by atoms with Crippen LogP contribution in [0.15, 0.2) is 29.3 Å². The van der Waals surface area contributed by atoms with Crippen molar-refractivity contribution in [1.29, 1.82) is 0 Å². The van der Waals surface area contributed by atoms with Crippen LogP contribution in [0.3, 0.4) is 0 Å². The van der Waals surface area contributed by atoms with Gasteiger partial charge in [0, 0.05) is 6.04 Å². The van der Waals surface area contributed by atoms with Gasteiger partial charge in [-0.15, -0.1) is 0 Å². The second-order valence-electron chi connectivity index (χ2n) is 6.51. The van der Waals surface area contributed by atoms with Crippen LogP contribution in [0.25, 0.3) is 10.2 Å². The first-order chi connectivity index (χ1) is 13.3. The maximum atomic E-state index is 13.6. The average molecular weight is 404 g/mol. The fraction of sp³-hybridized carbons (Fsp3) is 0.368. The number of aromatic nitrogens is 3. The molecule has 3 aromatic rings. The Morgan fingerprint density at radius 1 is 1.32 bits per heavy atom. The number of hydrogen-bond donors (Lipinski definition) is 0. The third-order valence-electron chi connectivity index (χ3n) is 4.00. The van der Waals surface area contributed by atoms with Crippen molar-refractivity contribution < 1.29 is 18.7 Å². The van der Waals surface area contributed by atoms with Crippen molar-refractivity contribution >= 4 is 33.4 Å². The number of carbonyl (C=O) groups excluding carboxylic acids is 2. The molecule has 28 heavy (non-hydrogen) atoms. The molecule has 0 saturated heterocycles. The number of carbonyl (C=O) groups is 2. The molecule has 0 spiro atoms. The van der Waals surface area contributed by atoms with E-state index in [-0.39, 0.29) is 19.2 Å². The number of esters is 1. The molecule has 0 atom stereocenters. The molecule has 0 bridgehead atoms. The predicted molar refractivity (Wildman–Crippen MR) is 104 cm³/mol. The van der Waals surface area contributed by atoms with Gasteiger partial charge in [0.05, 0.1) is 22.5 Å². The summed E-state index contributed by atoms with van der Waals surface area (Å²) in [5.41, 5.74) is 1.68. The van der Waals surface area contributed by atoms with Crippen LogP contribution in [0.5, 0.6) is 0 Å². The summed E-state index contributed by atoms with van der Waals surface area (Å²) in [6, 6.07) is 5.89. The van der Waals surface area contributed by atoms with Crippen LogP contribution in [0.2, 0.25) is 0 Å². The number of benzene rings is 1. The summed E-state index contributed by atoms with van der Waals surface area (Å²) >= 11 is 1.14. The van der Waals surface area contributed by atoms with E-state index in [1.807, 2.05) is 13.8 Å². The molecule has 0 saturated carbocycles. The molecule has 148 valence electrons. The van der Waals surface area contributed by atoms with Gasteiger partial charge in [-0.25, -0.2) is 4.39 Å². The van der Waals surface area contributed by atoms with Gasteiger partial charge in [0.2, 0.25) is 0 Å². The van der Waals surface area contributed by atoms with E-state index in [2.05, 4.69) is 10.1 Å². The van der Waals surface area contributed by atoms with Gasteiger partial charge in [-0.1, -0.05) is 11.3 Å². The molecule has 3 rings (SSSR count). The van der Waals surface area contributed by atoms with Crippen LogP contribution in [-0.2, 0) is 16.1 Å². The van der Waals surface area contributed by atoms with Crippen LogP contribution in [0.4, 0.5) is 4.39 Å². The second-order valence-corrected chi connectivity index (χ2v) is 7.52. The Labute approximate surface area is 165 Å². The van der Waals surface area contributed by atoms with Gasteiger partial charge in [0.1, 0.15) is 18.1 Å². The Kier molecular flexibility index (Phi) is 5.73. The predicted octanol–water partition coefficient (Wildman–Crippen LogP) is 3.23. The normalized spacial score (nSPS) is 12.1. The minimum Gasteiger partial charge on any atom is -0.465 e. The molecule has 0 fully saturated rings. The molecule has 1 amide bonds. The Bertz CT molecular complexity index is 1110. The Balaban J connectivity index is 2.13. The van der Waals surface area contributed by atoms with Crippen LogP contribution in [-0.4, -0.2) is 32.8 Å². The molecular weight excluding hydrogens is 383 g/mol. The van der Waals surface area contributed by atoms with Crippen molar-refractivity contribution in [2.75, 3.05) is 6.61 Å². The first-order valence-electron chi connectivity index (χ1n) is 8.90. The monoisotopic (exact) mass is 404 g/mol. The topological polar surface area (TPSA) is 78.5 Å². The summed E-state index contributed by atoms with van der Waals surface area (Å²) in [5, 5.41) is 4.33. The Hall–Kier alpha value is -2.81. The van der Waals surface area contributed by atoms with Gasteiger partial charge in [0.25, 0.3) is 5.91 Å². The van der Waals surface area contributed by atoms with Gasteiger partial charge in [-0.2, -0.15) is 10.1 Å². The standard InChI is InChI=1S/C19H21FN4O3S/c1-5-27-17(25)10-23-14-7-6-13(20)9-16(14)28-19(23)21-18(26)15-8-12(4)22-24(15)11(2)3/h6-9,11H,5,10H2,1-4H3. The fourth-order valence-electron chi connectivity index (χ4n) is 2.84. The molecule has 0 radical (unpaired) electrons. The number of fused-ring (bicyclic) bond motifs is 1. The summed E-state index contributed by atoms with van der Waals surface area (Å²) < 4.78 is 22.4. The summed E-state index contributed by atoms with van der Waals surface area (Å²) in [6.45, 7) is 7.49. The second kappa shape index (κ2) is 8.05. The van der Waals surface area contributed by atoms with Crippen molar-refractivity contribution in [3.63, 3.8) is 0 Å². The smallest absolute Gasteiger partial charge is 0.326 e. The molecule has 2 heterocycles. The molecular formula is C19H21FN4O3S. The van der Waals surface area contributed by atoms with Crippen molar-refractivity contribution in [2.24, 2.45) is 4.99 Å². The largest absolute Gasteiger partial charge is 0.465 e. The summed E-state index contributed by atoms with van der Waals surface area (Å²) in [6.07, 6.45) is 0. The molecule has 1 aromatic carbocycles. The summed E-state index contributed by atoms with van der Waals surface area (Å²) in [4.78, 5) is 29.4. The highest BCUT2D eigenvalue weighted by Gasteiger charge is 2.17. The molecule has 7 nitrogen and oxygen atoms in total. The molecule has 0 N–H and O–H groups in total. The van der Waals surface area contributed by atoms with E-state index in [1.54, 1.807) is 35.2 Å². The lowest BCUT2D eigenvalue weighted by molar-refractivity contribution is -0.143. The number of halogens is 1. The third kappa shape index (κ3) is 4.04. The quantitative estimate of drug-likeness (QED) is 0.612. The number of nitrogens with zero attached hydrogens (tertiary/aromatic N) is 4. The Morgan fingerprint density at radius 3 is 2.75 bits per heavy atom. The molecule has 0 aliphatic heterocycles. The lowest BCUT2D eigenvalue weighted by Crippen LogP contribution is -2.23. The third-order valence-corrected chi connectivity index (χ3v) is 5.04. The van der Waals surface area contributed by atoms with Gasteiger partial charge in [-0.05, 0) is 52.0 Å². The van der Waals surface area contributed by atoms with Gasteiger partial charge >= 0.3 is 5.97 Å². The zero-order valence-electron chi connectivity index (χ0n) is 16.1. The number of thiazole rings is 1. The van der Waals surface area contributed by atoms with Crippen LogP contribution >= 0.6 is 11.3 Å². The molecule has 9 heteroatoms. The van der Waals surface area contributed by atoms with Gasteiger partial charge in [-0.3, -0.25) is 14.3 Å².